The highest BCUT2D eigenvalue weighted by atomic mass is 32.2. The Kier molecular flexibility index (Phi) is 3.95. The lowest BCUT2D eigenvalue weighted by molar-refractivity contribution is 0.0690. The predicted molar refractivity (Wildman–Crippen MR) is 78.3 cm³/mol. The van der Waals surface area contributed by atoms with E-state index in [1.54, 1.807) is 12.1 Å². The van der Waals surface area contributed by atoms with Crippen LogP contribution in [0.15, 0.2) is 23.6 Å². The number of rotatable bonds is 4. The molecule has 1 aliphatic heterocycles. The van der Waals surface area contributed by atoms with Crippen LogP contribution in [0.2, 0.25) is 0 Å². The predicted octanol–water partition coefficient (Wildman–Crippen LogP) is 0.627. The van der Waals surface area contributed by atoms with E-state index in [9.17, 15) is 14.9 Å². The van der Waals surface area contributed by atoms with E-state index in [0.29, 0.717) is 17.1 Å². The monoisotopic (exact) mass is 321 g/mol. The molecule has 0 spiro atoms. The van der Waals surface area contributed by atoms with Crippen molar-refractivity contribution in [3.05, 3.63) is 29.6 Å². The number of carboxylic acid groups (broad SMARTS) is 1. The quantitative estimate of drug-likeness (QED) is 0.702. The van der Waals surface area contributed by atoms with Crippen LogP contribution in [0.4, 0.5) is 0 Å². The summed E-state index contributed by atoms with van der Waals surface area (Å²) in [6, 6.07) is 3.32. The molecule has 0 bridgehead atoms. The van der Waals surface area contributed by atoms with Gasteiger partial charge in [-0.1, -0.05) is 17.8 Å². The van der Waals surface area contributed by atoms with Gasteiger partial charge in [-0.05, 0) is 18.1 Å². The lowest BCUT2D eigenvalue weighted by Crippen LogP contribution is -2.40. The van der Waals surface area contributed by atoms with Gasteiger partial charge >= 0.3 is 13.1 Å². The Hall–Kier alpha value is -2.20. The highest BCUT2D eigenvalue weighted by Crippen LogP contribution is 2.39. The van der Waals surface area contributed by atoms with Crippen molar-refractivity contribution >= 4 is 24.8 Å². The largest absolute Gasteiger partial charge is 0.537 e. The van der Waals surface area contributed by atoms with Gasteiger partial charge in [0.1, 0.15) is 23.4 Å². The van der Waals surface area contributed by atoms with Crippen LogP contribution < -0.4 is 9.39 Å². The van der Waals surface area contributed by atoms with Gasteiger partial charge in [0.15, 0.2) is 5.16 Å². The number of hydrogen-bond acceptors (Lipinski definition) is 7. The molecule has 22 heavy (non-hydrogen) atoms. The van der Waals surface area contributed by atoms with Gasteiger partial charge in [-0.2, -0.15) is 0 Å². The van der Waals surface area contributed by atoms with E-state index in [1.165, 1.54) is 25.2 Å². The molecule has 0 fully saturated rings. The third-order valence-corrected chi connectivity index (χ3v) is 4.39. The molecular formula is C12H12BN3O5S. The summed E-state index contributed by atoms with van der Waals surface area (Å²) in [5.74, 6) is -0.823. The molecule has 2 heterocycles. The Balaban J connectivity index is 1.93. The molecule has 0 amide bonds. The van der Waals surface area contributed by atoms with Crippen LogP contribution in [0.5, 0.6) is 11.5 Å². The number of aromatic carboxylic acids is 1. The average molecular weight is 321 g/mol. The molecule has 1 atom stereocenters. The van der Waals surface area contributed by atoms with Crippen LogP contribution in [0.25, 0.3) is 0 Å². The summed E-state index contributed by atoms with van der Waals surface area (Å²) in [7, 11) is 0.225. The third-order valence-electron chi connectivity index (χ3n) is 3.27. The summed E-state index contributed by atoms with van der Waals surface area (Å²) in [5, 5.41) is 27.2. The van der Waals surface area contributed by atoms with Crippen molar-refractivity contribution in [1.29, 1.82) is 0 Å². The minimum absolute atomic E-state index is 0.0813. The summed E-state index contributed by atoms with van der Waals surface area (Å²) in [6.45, 7) is 0. The number of fused-ring (bicyclic) bond motifs is 1. The number of carboxylic acids is 1. The Labute approximate surface area is 130 Å². The molecule has 0 saturated heterocycles. The van der Waals surface area contributed by atoms with Crippen molar-refractivity contribution in [3.63, 3.8) is 0 Å². The molecule has 1 aliphatic rings. The van der Waals surface area contributed by atoms with Crippen LogP contribution in [-0.2, 0) is 6.42 Å². The first kappa shape index (κ1) is 14.7. The van der Waals surface area contributed by atoms with Crippen molar-refractivity contribution < 1.29 is 24.3 Å². The molecule has 0 radical (unpaired) electrons. The van der Waals surface area contributed by atoms with Crippen LogP contribution >= 0.6 is 11.8 Å². The Morgan fingerprint density at radius 1 is 1.59 bits per heavy atom. The van der Waals surface area contributed by atoms with E-state index >= 15 is 0 Å². The maximum atomic E-state index is 11.4. The van der Waals surface area contributed by atoms with Crippen molar-refractivity contribution in [2.45, 2.75) is 16.7 Å². The summed E-state index contributed by atoms with van der Waals surface area (Å²) >= 11 is 1.28. The van der Waals surface area contributed by atoms with Crippen molar-refractivity contribution in [2.24, 2.45) is 0 Å². The van der Waals surface area contributed by atoms with Crippen LogP contribution in [0, 0.1) is 0 Å². The molecule has 1 aromatic carbocycles. The Bertz CT molecular complexity index is 696. The minimum atomic E-state index is -1.16. The standard InChI is InChI=1S/C12H12BN3O5S/c1-20-7-3-2-6-4-8(22-12-14-5-15-16-12)13(19)21-10(6)9(7)11(17)18/h2-3,5,8,19H,4H2,1H3,(H,17,18)(H,14,15,16)/t8-/m0/s1. The van der Waals surface area contributed by atoms with Crippen LogP contribution in [0.1, 0.15) is 15.9 Å². The molecule has 0 unspecified atom stereocenters. The van der Waals surface area contributed by atoms with Crippen LogP contribution in [0.3, 0.4) is 0 Å². The van der Waals surface area contributed by atoms with Crippen molar-refractivity contribution in [1.82, 2.24) is 15.2 Å². The van der Waals surface area contributed by atoms with Gasteiger partial charge in [0, 0.05) is 0 Å². The van der Waals surface area contributed by atoms with Crippen molar-refractivity contribution in [2.75, 3.05) is 7.11 Å². The van der Waals surface area contributed by atoms with E-state index < -0.39 is 13.1 Å². The van der Waals surface area contributed by atoms with Gasteiger partial charge < -0.3 is 24.5 Å². The van der Waals surface area contributed by atoms with E-state index in [0.717, 1.165) is 0 Å². The molecule has 1 aromatic heterocycles. The number of benzene rings is 1. The first-order chi connectivity index (χ1) is 10.6. The van der Waals surface area contributed by atoms with Gasteiger partial charge in [-0.15, -0.1) is 10.2 Å². The fourth-order valence-electron chi connectivity index (χ4n) is 2.29. The van der Waals surface area contributed by atoms with Gasteiger partial charge in [0.2, 0.25) is 0 Å². The topological polar surface area (TPSA) is 118 Å². The lowest BCUT2D eigenvalue weighted by Gasteiger charge is -2.27. The van der Waals surface area contributed by atoms with Crippen LogP contribution in [-0.4, -0.2) is 50.7 Å². The number of thioether (sulfide) groups is 1. The SMILES string of the molecule is COc1ccc2c(c1C(=O)O)OB(O)[C@@H](Sc1nnc[nH]1)C2. The number of aromatic amines is 1. The van der Waals surface area contributed by atoms with E-state index in [2.05, 4.69) is 15.2 Å². The smallest absolute Gasteiger partial charge is 0.534 e. The molecule has 0 aliphatic carbocycles. The minimum Gasteiger partial charge on any atom is -0.534 e. The van der Waals surface area contributed by atoms with Gasteiger partial charge in [-0.3, -0.25) is 0 Å². The molecule has 114 valence electrons. The summed E-state index contributed by atoms with van der Waals surface area (Å²) < 4.78 is 10.5. The maximum absolute atomic E-state index is 11.4. The second-order valence-electron chi connectivity index (χ2n) is 4.60. The van der Waals surface area contributed by atoms with E-state index in [-0.39, 0.29) is 22.2 Å². The first-order valence-corrected chi connectivity index (χ1v) is 7.28. The lowest BCUT2D eigenvalue weighted by atomic mass is 9.77. The highest BCUT2D eigenvalue weighted by Gasteiger charge is 2.39. The normalized spacial score (nSPS) is 16.8. The molecular weight excluding hydrogens is 309 g/mol. The molecule has 10 heteroatoms. The number of ether oxygens (including phenoxy) is 1. The average Bonchev–Trinajstić information content (AvgIpc) is 2.99. The Morgan fingerprint density at radius 3 is 3.05 bits per heavy atom. The number of nitrogens with one attached hydrogen (secondary N) is 1. The zero-order valence-electron chi connectivity index (χ0n) is 11.5. The molecule has 0 saturated carbocycles. The summed E-state index contributed by atoms with van der Waals surface area (Å²) in [5.41, 5.74) is 0.614. The first-order valence-electron chi connectivity index (χ1n) is 6.40. The second kappa shape index (κ2) is 5.89. The zero-order valence-corrected chi connectivity index (χ0v) is 12.3. The zero-order chi connectivity index (χ0) is 15.7. The fourth-order valence-corrected chi connectivity index (χ4v) is 3.22. The highest BCUT2D eigenvalue weighted by molar-refractivity contribution is 8.01. The van der Waals surface area contributed by atoms with E-state index in [4.69, 9.17) is 9.39 Å². The second-order valence-corrected chi connectivity index (χ2v) is 5.83. The number of nitrogens with zero attached hydrogens (tertiary/aromatic N) is 2. The molecule has 2 aromatic rings. The summed E-state index contributed by atoms with van der Waals surface area (Å²) in [6.07, 6.45) is 1.88. The van der Waals surface area contributed by atoms with Gasteiger partial charge in [0.05, 0.1) is 12.3 Å². The number of methoxy groups -OCH3 is 1. The summed E-state index contributed by atoms with van der Waals surface area (Å²) in [4.78, 5) is 14.3. The Morgan fingerprint density at radius 2 is 2.41 bits per heavy atom. The van der Waals surface area contributed by atoms with Gasteiger partial charge in [0.25, 0.3) is 0 Å². The molecule has 3 N–H and O–H groups in total. The van der Waals surface area contributed by atoms with Crippen molar-refractivity contribution in [3.8, 4) is 11.5 Å². The number of carbonyl (C=O) groups is 1. The third kappa shape index (κ3) is 2.62. The van der Waals surface area contributed by atoms with Gasteiger partial charge in [-0.25, -0.2) is 4.79 Å². The fraction of sp³-hybridized carbons (Fsp3) is 0.250. The number of H-pyrrole nitrogens is 1. The molecule has 8 nitrogen and oxygen atoms in total. The maximum Gasteiger partial charge on any atom is 0.537 e. The number of aromatic nitrogens is 3. The number of hydrogen-bond donors (Lipinski definition) is 3. The van der Waals surface area contributed by atoms with E-state index in [1.807, 2.05) is 0 Å². The molecule has 3 rings (SSSR count).